The predicted octanol–water partition coefficient (Wildman–Crippen LogP) is 1.96. The van der Waals surface area contributed by atoms with E-state index in [9.17, 15) is 13.2 Å². The highest BCUT2D eigenvalue weighted by molar-refractivity contribution is 7.89. The Kier molecular flexibility index (Phi) is 6.13. The zero-order valence-corrected chi connectivity index (χ0v) is 13.6. The maximum atomic E-state index is 12.0. The van der Waals surface area contributed by atoms with Crippen LogP contribution in [0.1, 0.15) is 37.7 Å². The van der Waals surface area contributed by atoms with Crippen LogP contribution in [0.3, 0.4) is 0 Å². The zero-order valence-electron chi connectivity index (χ0n) is 12.8. The summed E-state index contributed by atoms with van der Waals surface area (Å²) in [7, 11) is -3.78. The molecular weight excluding hydrogens is 316 g/mol. The fraction of sp³-hybridized carbons (Fsp3) is 0.500. The van der Waals surface area contributed by atoms with Crippen LogP contribution >= 0.6 is 0 Å². The SMILES string of the molecule is N#Cc1ccc(S(=O)(=O)NCC(=O)OCC2CCCCC2)cc1. The summed E-state index contributed by atoms with van der Waals surface area (Å²) in [6.07, 6.45) is 5.67. The quantitative estimate of drug-likeness (QED) is 0.801. The van der Waals surface area contributed by atoms with Crippen molar-refractivity contribution in [1.82, 2.24) is 4.72 Å². The van der Waals surface area contributed by atoms with Crippen molar-refractivity contribution in [2.45, 2.75) is 37.0 Å². The molecule has 1 aliphatic carbocycles. The second-order valence-electron chi connectivity index (χ2n) is 5.65. The Labute approximate surface area is 136 Å². The molecule has 1 aromatic carbocycles. The molecule has 6 nitrogen and oxygen atoms in total. The number of benzene rings is 1. The fourth-order valence-corrected chi connectivity index (χ4v) is 3.53. The van der Waals surface area contributed by atoms with Gasteiger partial charge in [0.05, 0.1) is 23.1 Å². The van der Waals surface area contributed by atoms with Gasteiger partial charge in [0.25, 0.3) is 0 Å². The molecule has 7 heteroatoms. The van der Waals surface area contributed by atoms with E-state index in [1.54, 1.807) is 0 Å². The molecule has 0 heterocycles. The summed E-state index contributed by atoms with van der Waals surface area (Å²) in [5.41, 5.74) is 0.371. The van der Waals surface area contributed by atoms with Gasteiger partial charge >= 0.3 is 5.97 Å². The minimum Gasteiger partial charge on any atom is -0.464 e. The fourth-order valence-electron chi connectivity index (χ4n) is 2.56. The maximum Gasteiger partial charge on any atom is 0.321 e. The van der Waals surface area contributed by atoms with Crippen molar-refractivity contribution in [3.05, 3.63) is 29.8 Å². The molecule has 0 spiro atoms. The first-order valence-corrected chi connectivity index (χ1v) is 9.15. The van der Waals surface area contributed by atoms with Gasteiger partial charge < -0.3 is 4.74 Å². The number of ether oxygens (including phenoxy) is 1. The van der Waals surface area contributed by atoms with Gasteiger partial charge in [0.15, 0.2) is 0 Å². The lowest BCUT2D eigenvalue weighted by Crippen LogP contribution is -2.31. The lowest BCUT2D eigenvalue weighted by atomic mass is 9.90. The molecular formula is C16H20N2O4S. The second kappa shape index (κ2) is 8.09. The van der Waals surface area contributed by atoms with Crippen molar-refractivity contribution in [2.75, 3.05) is 13.2 Å². The average molecular weight is 336 g/mol. The first-order valence-electron chi connectivity index (χ1n) is 7.67. The first-order chi connectivity index (χ1) is 11.0. The van der Waals surface area contributed by atoms with Gasteiger partial charge in [0, 0.05) is 0 Å². The molecule has 124 valence electrons. The monoisotopic (exact) mass is 336 g/mol. The summed E-state index contributed by atoms with van der Waals surface area (Å²) in [4.78, 5) is 11.7. The van der Waals surface area contributed by atoms with E-state index in [0.29, 0.717) is 18.1 Å². The van der Waals surface area contributed by atoms with E-state index >= 15 is 0 Å². The van der Waals surface area contributed by atoms with Gasteiger partial charge in [-0.15, -0.1) is 0 Å². The molecule has 1 aliphatic rings. The molecule has 0 bridgehead atoms. The van der Waals surface area contributed by atoms with Crippen LogP contribution in [0.15, 0.2) is 29.2 Å². The van der Waals surface area contributed by atoms with Crippen LogP contribution in [0.5, 0.6) is 0 Å². The standard InChI is InChI=1S/C16H20N2O4S/c17-10-13-6-8-15(9-7-13)23(20,21)18-11-16(19)22-12-14-4-2-1-3-5-14/h6-9,14,18H,1-5,11-12H2. The lowest BCUT2D eigenvalue weighted by Gasteiger charge is -2.21. The van der Waals surface area contributed by atoms with E-state index in [0.717, 1.165) is 25.7 Å². The van der Waals surface area contributed by atoms with Crippen LogP contribution in [0, 0.1) is 17.2 Å². The summed E-state index contributed by atoms with van der Waals surface area (Å²) in [5, 5.41) is 8.70. The van der Waals surface area contributed by atoms with Crippen LogP contribution < -0.4 is 4.72 Å². The van der Waals surface area contributed by atoms with E-state index in [-0.39, 0.29) is 4.90 Å². The topological polar surface area (TPSA) is 96.3 Å². The van der Waals surface area contributed by atoms with Crippen molar-refractivity contribution in [1.29, 1.82) is 5.26 Å². The van der Waals surface area contributed by atoms with Crippen LogP contribution in [-0.2, 0) is 19.6 Å². The van der Waals surface area contributed by atoms with Gasteiger partial charge in [-0.1, -0.05) is 19.3 Å². The number of nitrogens with zero attached hydrogens (tertiary/aromatic N) is 1. The summed E-state index contributed by atoms with van der Waals surface area (Å²) >= 11 is 0. The Bertz CT molecular complexity index is 671. The molecule has 2 rings (SSSR count). The molecule has 0 saturated heterocycles. The first kappa shape index (κ1) is 17.4. The third-order valence-electron chi connectivity index (χ3n) is 3.91. The van der Waals surface area contributed by atoms with Crippen molar-refractivity contribution < 1.29 is 17.9 Å². The van der Waals surface area contributed by atoms with E-state index < -0.39 is 22.5 Å². The van der Waals surface area contributed by atoms with Crippen molar-refractivity contribution in [3.63, 3.8) is 0 Å². The summed E-state index contributed by atoms with van der Waals surface area (Å²) in [5.74, 6) is -0.185. The van der Waals surface area contributed by atoms with Gasteiger partial charge in [-0.2, -0.15) is 9.98 Å². The van der Waals surface area contributed by atoms with E-state index in [1.807, 2.05) is 6.07 Å². The van der Waals surface area contributed by atoms with Gasteiger partial charge in [-0.25, -0.2) is 8.42 Å². The van der Waals surface area contributed by atoms with Gasteiger partial charge in [0.1, 0.15) is 6.54 Å². The van der Waals surface area contributed by atoms with Gasteiger partial charge in [-0.05, 0) is 43.0 Å². The Morgan fingerprint density at radius 2 is 1.87 bits per heavy atom. The number of nitriles is 1. The summed E-state index contributed by atoms with van der Waals surface area (Å²) < 4.78 is 31.4. The van der Waals surface area contributed by atoms with Crippen molar-refractivity contribution in [3.8, 4) is 6.07 Å². The van der Waals surface area contributed by atoms with Crippen molar-refractivity contribution >= 4 is 16.0 Å². The highest BCUT2D eigenvalue weighted by atomic mass is 32.2. The molecule has 0 radical (unpaired) electrons. The van der Waals surface area contributed by atoms with E-state index in [2.05, 4.69) is 4.72 Å². The highest BCUT2D eigenvalue weighted by Crippen LogP contribution is 2.23. The Balaban J connectivity index is 1.81. The predicted molar refractivity (Wildman–Crippen MR) is 83.9 cm³/mol. The third-order valence-corrected chi connectivity index (χ3v) is 5.32. The number of hydrogen-bond acceptors (Lipinski definition) is 5. The minimum atomic E-state index is -3.78. The smallest absolute Gasteiger partial charge is 0.321 e. The molecule has 0 aromatic heterocycles. The number of hydrogen-bond donors (Lipinski definition) is 1. The lowest BCUT2D eigenvalue weighted by molar-refractivity contribution is -0.143. The number of nitrogens with one attached hydrogen (secondary N) is 1. The second-order valence-corrected chi connectivity index (χ2v) is 7.41. The number of sulfonamides is 1. The number of carbonyl (C=O) groups excluding carboxylic acids is 1. The molecule has 0 aliphatic heterocycles. The van der Waals surface area contributed by atoms with Gasteiger partial charge in [-0.3, -0.25) is 4.79 Å². The van der Waals surface area contributed by atoms with Crippen LogP contribution in [0.2, 0.25) is 0 Å². The largest absolute Gasteiger partial charge is 0.464 e. The maximum absolute atomic E-state index is 12.0. The Hall–Kier alpha value is -1.91. The molecule has 0 amide bonds. The highest BCUT2D eigenvalue weighted by Gasteiger charge is 2.18. The van der Waals surface area contributed by atoms with Crippen LogP contribution in [0.25, 0.3) is 0 Å². The summed E-state index contributed by atoms with van der Waals surface area (Å²) in [6, 6.07) is 7.39. The van der Waals surface area contributed by atoms with Crippen LogP contribution in [-0.4, -0.2) is 27.5 Å². The normalized spacial score (nSPS) is 15.8. The zero-order chi connectivity index (χ0) is 16.7. The summed E-state index contributed by atoms with van der Waals surface area (Å²) in [6.45, 7) is -0.0352. The molecule has 23 heavy (non-hydrogen) atoms. The number of rotatable bonds is 6. The number of esters is 1. The Morgan fingerprint density at radius 3 is 2.48 bits per heavy atom. The van der Waals surface area contributed by atoms with Gasteiger partial charge in [0.2, 0.25) is 10.0 Å². The molecule has 1 aromatic rings. The van der Waals surface area contributed by atoms with E-state index in [4.69, 9.17) is 10.00 Å². The number of carbonyl (C=O) groups is 1. The van der Waals surface area contributed by atoms with Crippen molar-refractivity contribution in [2.24, 2.45) is 5.92 Å². The molecule has 0 unspecified atom stereocenters. The Morgan fingerprint density at radius 1 is 1.22 bits per heavy atom. The molecule has 1 N–H and O–H groups in total. The van der Waals surface area contributed by atoms with E-state index in [1.165, 1.54) is 30.7 Å². The van der Waals surface area contributed by atoms with Crippen LogP contribution in [0.4, 0.5) is 0 Å². The minimum absolute atomic E-state index is 0.0107. The third kappa shape index (κ3) is 5.34. The molecule has 1 saturated carbocycles. The molecule has 1 fully saturated rings. The average Bonchev–Trinajstić information content (AvgIpc) is 2.59. The molecule has 0 atom stereocenters.